The summed E-state index contributed by atoms with van der Waals surface area (Å²) >= 11 is 0. The van der Waals surface area contributed by atoms with E-state index in [0.29, 0.717) is 5.56 Å². The molecule has 0 unspecified atom stereocenters. The molecule has 164 valence electrons. The molecule has 0 atom stereocenters. The molecule has 2 aromatic rings. The fraction of sp³-hybridized carbons (Fsp3) is 0.389. The second kappa shape index (κ2) is 10.3. The van der Waals surface area contributed by atoms with Crippen molar-refractivity contribution in [2.24, 2.45) is 0 Å². The summed E-state index contributed by atoms with van der Waals surface area (Å²) in [5, 5.41) is 2.53. The average Bonchev–Trinajstić information content (AvgIpc) is 2.68. The van der Waals surface area contributed by atoms with E-state index in [1.165, 1.54) is 22.6 Å². The number of ether oxygens (including phenoxy) is 1. The van der Waals surface area contributed by atoms with Crippen molar-refractivity contribution in [1.82, 2.24) is 19.6 Å². The summed E-state index contributed by atoms with van der Waals surface area (Å²) in [6, 6.07) is 6.13. The maximum Gasteiger partial charge on any atom is 0.422 e. The summed E-state index contributed by atoms with van der Waals surface area (Å²) in [5.41, 5.74) is 0.575. The zero-order valence-corrected chi connectivity index (χ0v) is 16.9. The quantitative estimate of drug-likeness (QED) is 0.560. The van der Waals surface area contributed by atoms with Crippen molar-refractivity contribution >= 4 is 15.9 Å². The number of carbonyl (C=O) groups excluding carboxylic acids is 1. The van der Waals surface area contributed by atoms with Crippen LogP contribution in [-0.2, 0) is 16.6 Å². The highest BCUT2D eigenvalue weighted by molar-refractivity contribution is 7.88. The number of rotatable bonds is 10. The normalized spacial score (nSPS) is 12.0. The molecule has 8 nitrogen and oxygen atoms in total. The molecular weight excluding hydrogens is 425 g/mol. The number of hydrogen-bond donors (Lipinski definition) is 1. The molecule has 12 heteroatoms. The molecule has 0 saturated carbocycles. The minimum absolute atomic E-state index is 0.103. The number of amides is 1. The predicted molar refractivity (Wildman–Crippen MR) is 102 cm³/mol. The van der Waals surface area contributed by atoms with Crippen molar-refractivity contribution in [3.8, 4) is 5.88 Å². The van der Waals surface area contributed by atoms with Crippen LogP contribution in [-0.4, -0.2) is 60.7 Å². The van der Waals surface area contributed by atoms with Crippen LogP contribution in [0.1, 0.15) is 22.3 Å². The lowest BCUT2D eigenvalue weighted by atomic mass is 10.2. The molecule has 0 aromatic carbocycles. The minimum atomic E-state index is -4.56. The van der Waals surface area contributed by atoms with E-state index in [9.17, 15) is 26.4 Å². The fourth-order valence-electron chi connectivity index (χ4n) is 2.44. The molecule has 0 saturated heterocycles. The van der Waals surface area contributed by atoms with Gasteiger partial charge in [-0.1, -0.05) is 6.07 Å². The summed E-state index contributed by atoms with van der Waals surface area (Å²) in [6.07, 6.45) is 1.17. The van der Waals surface area contributed by atoms with Gasteiger partial charge in [0.05, 0.1) is 6.26 Å². The SMILES string of the molecule is CS(=O)(=O)N(CCCNC(=O)c1cccnc1OCC(F)(F)F)Cc1cccnc1. The summed E-state index contributed by atoms with van der Waals surface area (Å²) in [6.45, 7) is -1.19. The summed E-state index contributed by atoms with van der Waals surface area (Å²) in [5.74, 6) is -1.10. The van der Waals surface area contributed by atoms with Crippen molar-refractivity contribution < 1.29 is 31.1 Å². The molecule has 1 amide bonds. The first-order valence-electron chi connectivity index (χ1n) is 8.83. The van der Waals surface area contributed by atoms with Gasteiger partial charge in [-0.15, -0.1) is 0 Å². The van der Waals surface area contributed by atoms with Gasteiger partial charge in [0.1, 0.15) is 5.56 Å². The second-order valence-electron chi connectivity index (χ2n) is 6.33. The Morgan fingerprint density at radius 3 is 2.60 bits per heavy atom. The number of sulfonamides is 1. The van der Waals surface area contributed by atoms with Crippen LogP contribution in [0.2, 0.25) is 0 Å². The van der Waals surface area contributed by atoms with Crippen LogP contribution in [0.4, 0.5) is 13.2 Å². The van der Waals surface area contributed by atoms with E-state index in [1.54, 1.807) is 24.5 Å². The van der Waals surface area contributed by atoms with Crippen molar-refractivity contribution in [1.29, 1.82) is 0 Å². The van der Waals surface area contributed by atoms with E-state index in [0.717, 1.165) is 6.26 Å². The Bertz CT molecular complexity index is 940. The molecule has 0 aliphatic heterocycles. The van der Waals surface area contributed by atoms with Crippen molar-refractivity contribution in [3.63, 3.8) is 0 Å². The fourth-order valence-corrected chi connectivity index (χ4v) is 3.28. The lowest BCUT2D eigenvalue weighted by Gasteiger charge is -2.20. The molecule has 0 radical (unpaired) electrons. The highest BCUT2D eigenvalue weighted by Gasteiger charge is 2.29. The van der Waals surface area contributed by atoms with E-state index < -0.39 is 34.6 Å². The Morgan fingerprint density at radius 2 is 1.97 bits per heavy atom. The molecule has 0 aliphatic rings. The standard InChI is InChI=1S/C18H21F3N4O4S/c1-30(27,28)25(12-14-5-2-7-22-11-14)10-4-9-23-16(26)15-6-3-8-24-17(15)29-13-18(19,20)21/h2-3,5-8,11H,4,9-10,12-13H2,1H3,(H,23,26). The summed E-state index contributed by atoms with van der Waals surface area (Å²) in [7, 11) is -3.49. The molecule has 0 spiro atoms. The third-order valence-electron chi connectivity index (χ3n) is 3.81. The van der Waals surface area contributed by atoms with Crippen LogP contribution in [0.25, 0.3) is 0 Å². The average molecular weight is 446 g/mol. The lowest BCUT2D eigenvalue weighted by Crippen LogP contribution is -2.33. The number of halogens is 3. The van der Waals surface area contributed by atoms with E-state index in [1.807, 2.05) is 0 Å². The Balaban J connectivity index is 1.90. The maximum atomic E-state index is 12.3. The Labute approximate surface area is 172 Å². The number of alkyl halides is 3. The van der Waals surface area contributed by atoms with Crippen molar-refractivity contribution in [2.75, 3.05) is 26.0 Å². The number of nitrogens with one attached hydrogen (secondary N) is 1. The molecule has 30 heavy (non-hydrogen) atoms. The van der Waals surface area contributed by atoms with E-state index in [2.05, 4.69) is 20.0 Å². The van der Waals surface area contributed by atoms with Gasteiger partial charge in [-0.05, 0) is 30.2 Å². The number of aromatic nitrogens is 2. The van der Waals surface area contributed by atoms with Gasteiger partial charge in [-0.25, -0.2) is 13.4 Å². The van der Waals surface area contributed by atoms with Crippen molar-refractivity contribution in [3.05, 3.63) is 54.0 Å². The Hall–Kier alpha value is -2.73. The molecule has 0 bridgehead atoms. The van der Waals surface area contributed by atoms with Gasteiger partial charge in [0.15, 0.2) is 6.61 Å². The van der Waals surface area contributed by atoms with E-state index in [4.69, 9.17) is 0 Å². The molecule has 0 aliphatic carbocycles. The van der Waals surface area contributed by atoms with Crippen LogP contribution in [0.5, 0.6) is 5.88 Å². The van der Waals surface area contributed by atoms with Crippen LogP contribution >= 0.6 is 0 Å². The predicted octanol–water partition coefficient (Wildman–Crippen LogP) is 2.00. The minimum Gasteiger partial charge on any atom is -0.467 e. The topological polar surface area (TPSA) is 101 Å². The summed E-state index contributed by atoms with van der Waals surface area (Å²) < 4.78 is 66.8. The summed E-state index contributed by atoms with van der Waals surface area (Å²) in [4.78, 5) is 19.9. The van der Waals surface area contributed by atoms with Gasteiger partial charge in [0, 0.05) is 38.2 Å². The van der Waals surface area contributed by atoms with Crippen LogP contribution in [0.15, 0.2) is 42.9 Å². The number of pyridine rings is 2. The van der Waals surface area contributed by atoms with Gasteiger partial charge < -0.3 is 10.1 Å². The van der Waals surface area contributed by atoms with Crippen LogP contribution in [0.3, 0.4) is 0 Å². The van der Waals surface area contributed by atoms with Gasteiger partial charge in [-0.2, -0.15) is 17.5 Å². The van der Waals surface area contributed by atoms with Crippen LogP contribution in [0, 0.1) is 0 Å². The first-order chi connectivity index (χ1) is 14.1. The lowest BCUT2D eigenvalue weighted by molar-refractivity contribution is -0.154. The van der Waals surface area contributed by atoms with Gasteiger partial charge in [-0.3, -0.25) is 9.78 Å². The zero-order valence-electron chi connectivity index (χ0n) is 16.1. The monoisotopic (exact) mass is 446 g/mol. The van der Waals surface area contributed by atoms with E-state index in [-0.39, 0.29) is 31.6 Å². The number of hydrogen-bond acceptors (Lipinski definition) is 6. The first-order valence-corrected chi connectivity index (χ1v) is 10.7. The molecule has 2 rings (SSSR count). The Kier molecular flexibility index (Phi) is 8.12. The highest BCUT2D eigenvalue weighted by Crippen LogP contribution is 2.20. The molecule has 0 fully saturated rings. The molecular formula is C18H21F3N4O4S. The largest absolute Gasteiger partial charge is 0.467 e. The number of carbonyl (C=O) groups is 1. The van der Waals surface area contributed by atoms with Gasteiger partial charge in [0.25, 0.3) is 5.91 Å². The van der Waals surface area contributed by atoms with Gasteiger partial charge >= 0.3 is 6.18 Å². The third-order valence-corrected chi connectivity index (χ3v) is 5.06. The van der Waals surface area contributed by atoms with Crippen molar-refractivity contribution in [2.45, 2.75) is 19.1 Å². The van der Waals surface area contributed by atoms with E-state index >= 15 is 0 Å². The third kappa shape index (κ3) is 7.95. The molecule has 2 heterocycles. The van der Waals surface area contributed by atoms with Gasteiger partial charge in [0.2, 0.25) is 15.9 Å². The highest BCUT2D eigenvalue weighted by atomic mass is 32.2. The second-order valence-corrected chi connectivity index (χ2v) is 8.31. The number of nitrogens with zero attached hydrogens (tertiary/aromatic N) is 3. The molecule has 1 N–H and O–H groups in total. The smallest absolute Gasteiger partial charge is 0.422 e. The molecule has 2 aromatic heterocycles. The maximum absolute atomic E-state index is 12.3. The zero-order chi connectivity index (χ0) is 22.2. The Morgan fingerprint density at radius 1 is 1.23 bits per heavy atom. The first kappa shape index (κ1) is 23.5. The van der Waals surface area contributed by atoms with Crippen LogP contribution < -0.4 is 10.1 Å².